The minimum absolute atomic E-state index is 0.564. The quantitative estimate of drug-likeness (QED) is 0.749. The molecule has 1 saturated heterocycles. The normalized spacial score (nSPS) is 25.9. The smallest absolute Gasteiger partial charge is 0.156 e. The molecule has 1 N–H and O–H groups in total. The third-order valence-corrected chi connectivity index (χ3v) is 4.27. The summed E-state index contributed by atoms with van der Waals surface area (Å²) in [6.07, 6.45) is 2.66. The summed E-state index contributed by atoms with van der Waals surface area (Å²) < 4.78 is 10.8. The predicted molar refractivity (Wildman–Crippen MR) is 70.1 cm³/mol. The van der Waals surface area contributed by atoms with Crippen LogP contribution in [0.5, 0.6) is 0 Å². The van der Waals surface area contributed by atoms with E-state index in [2.05, 4.69) is 24.2 Å². The Morgan fingerprint density at radius 2 is 2.40 bits per heavy atom. The third-order valence-electron chi connectivity index (χ3n) is 2.36. The lowest BCUT2D eigenvalue weighted by Gasteiger charge is -2.12. The maximum atomic E-state index is 10.8. The summed E-state index contributed by atoms with van der Waals surface area (Å²) in [6.45, 7) is 5.24. The van der Waals surface area contributed by atoms with Gasteiger partial charge >= 0.3 is 0 Å². The van der Waals surface area contributed by atoms with Crippen molar-refractivity contribution >= 4 is 27.7 Å². The lowest BCUT2D eigenvalue weighted by atomic mass is 10.1. The van der Waals surface area contributed by atoms with Crippen LogP contribution in [0.4, 0.5) is 0 Å². The van der Waals surface area contributed by atoms with Gasteiger partial charge in [0, 0.05) is 41.1 Å². The first-order valence-electron chi connectivity index (χ1n) is 5.33. The molecule has 0 spiro atoms. The fourth-order valence-electron chi connectivity index (χ4n) is 1.31. The van der Waals surface area contributed by atoms with E-state index >= 15 is 0 Å². The fourth-order valence-corrected chi connectivity index (χ4v) is 3.07. The molecule has 0 bridgehead atoms. The zero-order valence-corrected chi connectivity index (χ0v) is 11.3. The van der Waals surface area contributed by atoms with Gasteiger partial charge in [-0.1, -0.05) is 25.6 Å². The molecular formula is C10H20N2OS2. The number of hydrogen-bond donors (Lipinski definition) is 1. The third kappa shape index (κ3) is 5.02. The Kier molecular flexibility index (Phi) is 5.68. The van der Waals surface area contributed by atoms with Gasteiger partial charge in [0.15, 0.2) is 5.17 Å². The molecular weight excluding hydrogens is 228 g/mol. The Morgan fingerprint density at radius 3 is 2.93 bits per heavy atom. The minimum atomic E-state index is -0.679. The molecule has 1 fully saturated rings. The second kappa shape index (κ2) is 6.53. The molecule has 15 heavy (non-hydrogen) atoms. The van der Waals surface area contributed by atoms with Gasteiger partial charge in [0.25, 0.3) is 0 Å². The Morgan fingerprint density at radius 1 is 1.67 bits per heavy atom. The van der Waals surface area contributed by atoms with Crippen LogP contribution in [0, 0.1) is 5.92 Å². The van der Waals surface area contributed by atoms with Crippen molar-refractivity contribution in [2.45, 2.75) is 26.3 Å². The highest BCUT2D eigenvalue weighted by molar-refractivity contribution is 8.14. The molecule has 1 aliphatic heterocycles. The standard InChI is InChI=1S/C10H20N2OS2/c1-8(2)9-7-14-10(12-9)11-5-4-6-15(3)13/h8-9H,4-7H2,1-3H3,(H,11,12). The van der Waals surface area contributed by atoms with Crippen LogP contribution >= 0.6 is 11.8 Å². The maximum Gasteiger partial charge on any atom is 0.156 e. The maximum absolute atomic E-state index is 10.8. The average Bonchev–Trinajstić information content (AvgIpc) is 2.60. The first kappa shape index (κ1) is 13.0. The molecule has 0 aliphatic carbocycles. The van der Waals surface area contributed by atoms with E-state index in [0.717, 1.165) is 29.6 Å². The van der Waals surface area contributed by atoms with Crippen molar-refractivity contribution in [3.63, 3.8) is 0 Å². The number of nitrogens with one attached hydrogen (secondary N) is 1. The first-order valence-corrected chi connectivity index (χ1v) is 8.04. The predicted octanol–water partition coefficient (Wildman–Crippen LogP) is 1.47. The second-order valence-corrected chi connectivity index (χ2v) is 6.69. The molecule has 5 heteroatoms. The van der Waals surface area contributed by atoms with Crippen LogP contribution in [0.2, 0.25) is 0 Å². The molecule has 0 aromatic rings. The molecule has 0 aromatic carbocycles. The van der Waals surface area contributed by atoms with Gasteiger partial charge in [-0.05, 0) is 12.3 Å². The lowest BCUT2D eigenvalue weighted by molar-refractivity contribution is 0.503. The van der Waals surface area contributed by atoms with Gasteiger partial charge in [0.2, 0.25) is 0 Å². The Hall–Kier alpha value is -0.0300. The highest BCUT2D eigenvalue weighted by Crippen LogP contribution is 2.18. The van der Waals surface area contributed by atoms with Gasteiger partial charge in [0.1, 0.15) is 0 Å². The summed E-state index contributed by atoms with van der Waals surface area (Å²) in [5, 5.41) is 4.48. The van der Waals surface area contributed by atoms with Crippen LogP contribution in [0.25, 0.3) is 0 Å². The van der Waals surface area contributed by atoms with E-state index in [0.29, 0.717) is 12.0 Å². The fraction of sp³-hybridized carbons (Fsp3) is 0.900. The van der Waals surface area contributed by atoms with Gasteiger partial charge in [-0.25, -0.2) is 0 Å². The van der Waals surface area contributed by atoms with Crippen LogP contribution in [-0.2, 0) is 10.8 Å². The lowest BCUT2D eigenvalue weighted by Crippen LogP contribution is -2.31. The summed E-state index contributed by atoms with van der Waals surface area (Å²) in [5.41, 5.74) is 0. The minimum Gasteiger partial charge on any atom is -0.361 e. The average molecular weight is 248 g/mol. The highest BCUT2D eigenvalue weighted by atomic mass is 32.2. The van der Waals surface area contributed by atoms with E-state index in [1.54, 1.807) is 18.0 Å². The van der Waals surface area contributed by atoms with Crippen LogP contribution in [0.3, 0.4) is 0 Å². The molecule has 0 saturated carbocycles. The molecule has 2 atom stereocenters. The first-order chi connectivity index (χ1) is 7.09. The number of hydrogen-bond acceptors (Lipinski definition) is 3. The number of aliphatic imine (C=N–C) groups is 1. The summed E-state index contributed by atoms with van der Waals surface area (Å²) in [6, 6.07) is 0.564. The second-order valence-electron chi connectivity index (χ2n) is 4.12. The highest BCUT2D eigenvalue weighted by Gasteiger charge is 2.22. The zero-order valence-electron chi connectivity index (χ0n) is 9.66. The van der Waals surface area contributed by atoms with Gasteiger partial charge in [-0.15, -0.1) is 0 Å². The van der Waals surface area contributed by atoms with E-state index in [4.69, 9.17) is 0 Å². The van der Waals surface area contributed by atoms with Crippen molar-refractivity contribution in [1.82, 2.24) is 5.32 Å². The Balaban J connectivity index is 2.22. The van der Waals surface area contributed by atoms with Gasteiger partial charge in [0.05, 0.1) is 0 Å². The SMILES string of the molecule is CC(C)C1CSC(=NCCCS(C)=O)N1. The van der Waals surface area contributed by atoms with Crippen LogP contribution in [-0.4, -0.2) is 39.7 Å². The molecule has 88 valence electrons. The number of thioether (sulfide) groups is 1. The number of amidine groups is 1. The van der Waals surface area contributed by atoms with Crippen molar-refractivity contribution in [1.29, 1.82) is 0 Å². The van der Waals surface area contributed by atoms with E-state index < -0.39 is 10.8 Å². The van der Waals surface area contributed by atoms with E-state index in [1.165, 1.54) is 0 Å². The van der Waals surface area contributed by atoms with Crippen molar-refractivity contribution in [2.24, 2.45) is 10.9 Å². The molecule has 1 rings (SSSR count). The molecule has 1 heterocycles. The van der Waals surface area contributed by atoms with Crippen molar-refractivity contribution < 1.29 is 4.21 Å². The number of nitrogens with zero attached hydrogens (tertiary/aromatic N) is 1. The monoisotopic (exact) mass is 248 g/mol. The summed E-state index contributed by atoms with van der Waals surface area (Å²) in [4.78, 5) is 4.46. The summed E-state index contributed by atoms with van der Waals surface area (Å²) >= 11 is 1.80. The number of rotatable bonds is 5. The van der Waals surface area contributed by atoms with Crippen molar-refractivity contribution in [3.8, 4) is 0 Å². The van der Waals surface area contributed by atoms with Crippen molar-refractivity contribution in [2.75, 3.05) is 24.3 Å². The molecule has 0 amide bonds. The van der Waals surface area contributed by atoms with Gasteiger partial charge in [-0.3, -0.25) is 9.20 Å². The van der Waals surface area contributed by atoms with E-state index in [1.807, 2.05) is 0 Å². The van der Waals surface area contributed by atoms with E-state index in [9.17, 15) is 4.21 Å². The van der Waals surface area contributed by atoms with Crippen LogP contribution < -0.4 is 5.32 Å². The van der Waals surface area contributed by atoms with Crippen LogP contribution in [0.15, 0.2) is 4.99 Å². The molecule has 3 nitrogen and oxygen atoms in total. The van der Waals surface area contributed by atoms with E-state index in [-0.39, 0.29) is 0 Å². The van der Waals surface area contributed by atoms with Crippen molar-refractivity contribution in [3.05, 3.63) is 0 Å². The molecule has 0 radical (unpaired) electrons. The largest absolute Gasteiger partial charge is 0.361 e. The molecule has 2 unspecified atom stereocenters. The van der Waals surface area contributed by atoms with Gasteiger partial charge in [-0.2, -0.15) is 0 Å². The Bertz CT molecular complexity index is 254. The summed E-state index contributed by atoms with van der Waals surface area (Å²) in [5.74, 6) is 2.54. The topological polar surface area (TPSA) is 41.5 Å². The zero-order chi connectivity index (χ0) is 11.3. The van der Waals surface area contributed by atoms with Crippen LogP contribution in [0.1, 0.15) is 20.3 Å². The van der Waals surface area contributed by atoms with Gasteiger partial charge < -0.3 is 5.32 Å². The Labute approximate surface area is 99.0 Å². The summed E-state index contributed by atoms with van der Waals surface area (Å²) in [7, 11) is -0.679. The molecule has 1 aliphatic rings. The molecule has 0 aromatic heterocycles.